The van der Waals surface area contributed by atoms with E-state index in [1.54, 1.807) is 19.1 Å². The topological polar surface area (TPSA) is 62.5 Å². The molecule has 0 aromatic carbocycles. The highest BCUT2D eigenvalue weighted by Crippen LogP contribution is 2.14. The van der Waals surface area contributed by atoms with Gasteiger partial charge < -0.3 is 14.8 Å². The molecule has 19 heavy (non-hydrogen) atoms. The standard InChI is InChI=1S/C14H13NO3S/c1-10-4-5-13(18-10)14(17)15-8-12-7-11(9-19-12)3-2-6-16/h4-5,7,9,16H,6,8H2,1H3,(H,15,17). The van der Waals surface area contributed by atoms with E-state index in [4.69, 9.17) is 9.52 Å². The molecule has 98 valence electrons. The van der Waals surface area contributed by atoms with Gasteiger partial charge in [-0.25, -0.2) is 0 Å². The Hall–Kier alpha value is -2.03. The Labute approximate surface area is 115 Å². The molecule has 4 nitrogen and oxygen atoms in total. The molecule has 2 aromatic heterocycles. The predicted octanol–water partition coefficient (Wildman–Crippen LogP) is 1.92. The summed E-state index contributed by atoms with van der Waals surface area (Å²) in [5.41, 5.74) is 0.845. The molecule has 1 amide bonds. The maximum absolute atomic E-state index is 11.7. The number of hydrogen-bond donors (Lipinski definition) is 2. The zero-order valence-corrected chi connectivity index (χ0v) is 11.2. The summed E-state index contributed by atoms with van der Waals surface area (Å²) in [5.74, 6) is 6.19. The van der Waals surface area contributed by atoms with Gasteiger partial charge in [-0.05, 0) is 25.1 Å². The van der Waals surface area contributed by atoms with Crippen LogP contribution in [0.25, 0.3) is 0 Å². The van der Waals surface area contributed by atoms with Gasteiger partial charge in [-0.1, -0.05) is 11.8 Å². The first-order chi connectivity index (χ1) is 9.19. The zero-order chi connectivity index (χ0) is 13.7. The molecule has 0 bridgehead atoms. The average molecular weight is 275 g/mol. The minimum Gasteiger partial charge on any atom is -0.456 e. The van der Waals surface area contributed by atoms with Crippen LogP contribution in [0.3, 0.4) is 0 Å². The summed E-state index contributed by atoms with van der Waals surface area (Å²) in [6.07, 6.45) is 0. The van der Waals surface area contributed by atoms with E-state index in [1.165, 1.54) is 11.3 Å². The first-order valence-electron chi connectivity index (χ1n) is 5.71. The van der Waals surface area contributed by atoms with E-state index >= 15 is 0 Å². The number of carbonyl (C=O) groups is 1. The van der Waals surface area contributed by atoms with Crippen LogP contribution in [0.4, 0.5) is 0 Å². The molecule has 0 aliphatic heterocycles. The number of rotatable bonds is 3. The second-order valence-electron chi connectivity index (χ2n) is 3.85. The fourth-order valence-electron chi connectivity index (χ4n) is 1.49. The van der Waals surface area contributed by atoms with Gasteiger partial charge in [-0.3, -0.25) is 4.79 Å². The van der Waals surface area contributed by atoms with E-state index in [2.05, 4.69) is 17.2 Å². The molecule has 5 heteroatoms. The fourth-order valence-corrected chi connectivity index (χ4v) is 2.25. The molecular formula is C14H13NO3S. The number of furan rings is 1. The molecule has 0 unspecified atom stereocenters. The Balaban J connectivity index is 1.92. The summed E-state index contributed by atoms with van der Waals surface area (Å²) in [6, 6.07) is 5.29. The Morgan fingerprint density at radius 3 is 3.05 bits per heavy atom. The number of aliphatic hydroxyl groups is 1. The van der Waals surface area contributed by atoms with Crippen molar-refractivity contribution in [2.75, 3.05) is 6.61 Å². The first-order valence-corrected chi connectivity index (χ1v) is 6.59. The number of nitrogens with one attached hydrogen (secondary N) is 1. The van der Waals surface area contributed by atoms with Crippen LogP contribution < -0.4 is 5.32 Å². The Morgan fingerprint density at radius 1 is 1.53 bits per heavy atom. The van der Waals surface area contributed by atoms with Gasteiger partial charge in [0.05, 0.1) is 6.54 Å². The molecule has 0 spiro atoms. The third-order valence-corrected chi connectivity index (χ3v) is 3.29. The highest BCUT2D eigenvalue weighted by atomic mass is 32.1. The number of aliphatic hydroxyl groups excluding tert-OH is 1. The molecule has 0 aliphatic rings. The average Bonchev–Trinajstić information content (AvgIpc) is 3.02. The highest BCUT2D eigenvalue weighted by molar-refractivity contribution is 7.10. The second kappa shape index (κ2) is 6.23. The van der Waals surface area contributed by atoms with Crippen molar-refractivity contribution < 1.29 is 14.3 Å². The lowest BCUT2D eigenvalue weighted by Gasteiger charge is -2.00. The summed E-state index contributed by atoms with van der Waals surface area (Å²) in [7, 11) is 0. The van der Waals surface area contributed by atoms with Crippen LogP contribution in [0.15, 0.2) is 28.0 Å². The molecule has 2 heterocycles. The van der Waals surface area contributed by atoms with Gasteiger partial charge in [0.1, 0.15) is 12.4 Å². The second-order valence-corrected chi connectivity index (χ2v) is 4.85. The molecule has 2 rings (SSSR count). The molecule has 0 atom stereocenters. The Kier molecular flexibility index (Phi) is 4.39. The smallest absolute Gasteiger partial charge is 0.287 e. The number of aryl methyl sites for hydroxylation is 1. The molecule has 2 N–H and O–H groups in total. The summed E-state index contributed by atoms with van der Waals surface area (Å²) in [4.78, 5) is 12.7. The van der Waals surface area contributed by atoms with Gasteiger partial charge in [0.2, 0.25) is 0 Å². The largest absolute Gasteiger partial charge is 0.456 e. The third-order valence-electron chi connectivity index (χ3n) is 2.35. The minimum absolute atomic E-state index is 0.153. The maximum atomic E-state index is 11.7. The van der Waals surface area contributed by atoms with Crippen molar-refractivity contribution in [1.82, 2.24) is 5.32 Å². The zero-order valence-electron chi connectivity index (χ0n) is 10.4. The minimum atomic E-state index is -0.232. The molecule has 0 saturated heterocycles. The van der Waals surface area contributed by atoms with E-state index in [0.29, 0.717) is 18.1 Å². The lowest BCUT2D eigenvalue weighted by molar-refractivity contribution is 0.0922. The van der Waals surface area contributed by atoms with Gasteiger partial charge in [0.25, 0.3) is 5.91 Å². The lowest BCUT2D eigenvalue weighted by Crippen LogP contribution is -2.21. The van der Waals surface area contributed by atoms with Crippen molar-refractivity contribution in [2.45, 2.75) is 13.5 Å². The Bertz CT molecular complexity index is 630. The van der Waals surface area contributed by atoms with E-state index in [1.807, 2.05) is 11.4 Å². The monoisotopic (exact) mass is 275 g/mol. The summed E-state index contributed by atoms with van der Waals surface area (Å²) in [5, 5.41) is 13.3. The third kappa shape index (κ3) is 3.71. The number of thiophene rings is 1. The molecular weight excluding hydrogens is 262 g/mol. The van der Waals surface area contributed by atoms with Gasteiger partial charge in [-0.2, -0.15) is 0 Å². The van der Waals surface area contributed by atoms with E-state index in [-0.39, 0.29) is 12.5 Å². The van der Waals surface area contributed by atoms with Crippen LogP contribution in [0.5, 0.6) is 0 Å². The van der Waals surface area contributed by atoms with E-state index in [0.717, 1.165) is 10.4 Å². The fraction of sp³-hybridized carbons (Fsp3) is 0.214. The van der Waals surface area contributed by atoms with Crippen LogP contribution >= 0.6 is 11.3 Å². The normalized spacial score (nSPS) is 9.79. The number of amides is 1. The van der Waals surface area contributed by atoms with Crippen LogP contribution in [-0.4, -0.2) is 17.6 Å². The quantitative estimate of drug-likeness (QED) is 0.841. The number of carbonyl (C=O) groups excluding carboxylic acids is 1. The van der Waals surface area contributed by atoms with Crippen LogP contribution in [0.1, 0.15) is 26.8 Å². The van der Waals surface area contributed by atoms with Crippen molar-refractivity contribution in [3.8, 4) is 11.8 Å². The summed E-state index contributed by atoms with van der Waals surface area (Å²) in [6.45, 7) is 2.08. The lowest BCUT2D eigenvalue weighted by atomic mass is 10.3. The molecule has 2 aromatic rings. The van der Waals surface area contributed by atoms with Crippen LogP contribution in [0.2, 0.25) is 0 Å². The summed E-state index contributed by atoms with van der Waals surface area (Å²) >= 11 is 1.51. The highest BCUT2D eigenvalue weighted by Gasteiger charge is 2.09. The maximum Gasteiger partial charge on any atom is 0.287 e. The molecule has 0 radical (unpaired) electrons. The van der Waals surface area contributed by atoms with Crippen LogP contribution in [0, 0.1) is 18.8 Å². The van der Waals surface area contributed by atoms with Crippen molar-refractivity contribution >= 4 is 17.2 Å². The van der Waals surface area contributed by atoms with Crippen molar-refractivity contribution in [3.63, 3.8) is 0 Å². The van der Waals surface area contributed by atoms with Gasteiger partial charge in [0.15, 0.2) is 5.76 Å². The number of hydrogen-bond acceptors (Lipinski definition) is 4. The van der Waals surface area contributed by atoms with Gasteiger partial charge in [-0.15, -0.1) is 11.3 Å². The Morgan fingerprint density at radius 2 is 2.37 bits per heavy atom. The SMILES string of the molecule is Cc1ccc(C(=O)NCc2cc(C#CCO)cs2)o1. The van der Waals surface area contributed by atoms with Crippen molar-refractivity contribution in [3.05, 3.63) is 45.5 Å². The molecule has 0 fully saturated rings. The predicted molar refractivity (Wildman–Crippen MR) is 72.9 cm³/mol. The first kappa shape index (κ1) is 13.4. The van der Waals surface area contributed by atoms with Crippen molar-refractivity contribution in [1.29, 1.82) is 0 Å². The van der Waals surface area contributed by atoms with Crippen molar-refractivity contribution in [2.24, 2.45) is 0 Å². The van der Waals surface area contributed by atoms with E-state index < -0.39 is 0 Å². The van der Waals surface area contributed by atoms with Gasteiger partial charge >= 0.3 is 0 Å². The van der Waals surface area contributed by atoms with E-state index in [9.17, 15) is 4.79 Å². The molecule has 0 saturated carbocycles. The molecule has 0 aliphatic carbocycles. The summed E-state index contributed by atoms with van der Waals surface area (Å²) < 4.78 is 5.23. The van der Waals surface area contributed by atoms with Gasteiger partial charge in [0, 0.05) is 15.8 Å². The van der Waals surface area contributed by atoms with Crippen LogP contribution in [-0.2, 0) is 6.54 Å².